The van der Waals surface area contributed by atoms with Crippen LogP contribution in [0.1, 0.15) is 31.4 Å². The zero-order valence-electron chi connectivity index (χ0n) is 16.0. The van der Waals surface area contributed by atoms with Crippen molar-refractivity contribution in [3.63, 3.8) is 0 Å². The first-order chi connectivity index (χ1) is 12.9. The molecule has 2 aromatic rings. The molecule has 144 valence electrons. The smallest absolute Gasteiger partial charge is 0.225 e. The van der Waals surface area contributed by atoms with Gasteiger partial charge in [-0.05, 0) is 28.7 Å². The molecule has 0 atom stereocenters. The van der Waals surface area contributed by atoms with Gasteiger partial charge >= 0.3 is 0 Å². The Balaban J connectivity index is 1.60. The van der Waals surface area contributed by atoms with Crippen LogP contribution < -0.4 is 5.32 Å². The van der Waals surface area contributed by atoms with Gasteiger partial charge in [0.25, 0.3) is 0 Å². The molecule has 0 radical (unpaired) electrons. The van der Waals surface area contributed by atoms with E-state index in [0.29, 0.717) is 11.4 Å². The van der Waals surface area contributed by atoms with Crippen LogP contribution in [0, 0.1) is 0 Å². The lowest BCUT2D eigenvalue weighted by Gasteiger charge is -2.27. The molecule has 4 nitrogen and oxygen atoms in total. The number of halogens is 1. The Bertz CT molecular complexity index is 771. The van der Waals surface area contributed by atoms with Crippen LogP contribution in [0.5, 0.6) is 0 Å². The Morgan fingerprint density at radius 3 is 2.52 bits per heavy atom. The van der Waals surface area contributed by atoms with Gasteiger partial charge in [0.2, 0.25) is 5.91 Å². The number of amides is 1. The van der Waals surface area contributed by atoms with E-state index >= 15 is 0 Å². The fourth-order valence-electron chi connectivity index (χ4n) is 3.35. The zero-order chi connectivity index (χ0) is 19.3. The topological polar surface area (TPSA) is 41.6 Å². The molecule has 1 heterocycles. The van der Waals surface area contributed by atoms with E-state index in [-0.39, 0.29) is 11.3 Å². The maximum Gasteiger partial charge on any atom is 0.225 e. The summed E-state index contributed by atoms with van der Waals surface area (Å²) in [5.74, 6) is -0.0131. The van der Waals surface area contributed by atoms with Crippen LogP contribution >= 0.6 is 11.6 Å². The summed E-state index contributed by atoms with van der Waals surface area (Å²) in [7, 11) is 0. The highest BCUT2D eigenvalue weighted by atomic mass is 35.5. The average Bonchev–Trinajstić information content (AvgIpc) is 2.65. The van der Waals surface area contributed by atoms with Gasteiger partial charge in [-0.3, -0.25) is 9.69 Å². The van der Waals surface area contributed by atoms with Crippen molar-refractivity contribution in [2.45, 2.75) is 32.2 Å². The summed E-state index contributed by atoms with van der Waals surface area (Å²) >= 11 is 6.45. The molecule has 0 saturated carbocycles. The van der Waals surface area contributed by atoms with Crippen molar-refractivity contribution in [1.82, 2.24) is 4.90 Å². The number of carbonyl (C=O) groups excluding carboxylic acids is 1. The summed E-state index contributed by atoms with van der Waals surface area (Å²) in [6.07, 6.45) is 0.407. The van der Waals surface area contributed by atoms with Crippen LogP contribution in [0.25, 0.3) is 0 Å². The third-order valence-electron chi connectivity index (χ3n) is 4.99. The number of rotatable bonds is 6. The molecule has 0 aromatic heterocycles. The van der Waals surface area contributed by atoms with Crippen molar-refractivity contribution >= 4 is 23.2 Å². The zero-order valence-corrected chi connectivity index (χ0v) is 16.8. The van der Waals surface area contributed by atoms with Gasteiger partial charge in [0.05, 0.1) is 13.2 Å². The van der Waals surface area contributed by atoms with E-state index in [1.165, 1.54) is 0 Å². The van der Waals surface area contributed by atoms with E-state index in [1.807, 2.05) is 36.4 Å². The largest absolute Gasteiger partial charge is 0.379 e. The first kappa shape index (κ1) is 19.9. The quantitative estimate of drug-likeness (QED) is 0.795. The van der Waals surface area contributed by atoms with E-state index in [9.17, 15) is 4.79 Å². The van der Waals surface area contributed by atoms with Gasteiger partial charge in [0, 0.05) is 36.8 Å². The highest BCUT2D eigenvalue weighted by molar-refractivity contribution is 6.31. The van der Waals surface area contributed by atoms with E-state index in [2.05, 4.69) is 36.2 Å². The number of ether oxygens (including phenoxy) is 1. The monoisotopic (exact) mass is 386 g/mol. The van der Waals surface area contributed by atoms with E-state index in [4.69, 9.17) is 16.3 Å². The molecule has 0 bridgehead atoms. The van der Waals surface area contributed by atoms with E-state index in [0.717, 1.165) is 49.7 Å². The van der Waals surface area contributed by atoms with Gasteiger partial charge in [-0.2, -0.15) is 0 Å². The highest BCUT2D eigenvalue weighted by Gasteiger charge is 2.24. The van der Waals surface area contributed by atoms with Crippen molar-refractivity contribution in [2.24, 2.45) is 0 Å². The second-order valence-corrected chi connectivity index (χ2v) is 8.08. The van der Waals surface area contributed by atoms with Crippen LogP contribution in [-0.4, -0.2) is 37.1 Å². The second-order valence-electron chi connectivity index (χ2n) is 7.67. The molecule has 2 aromatic carbocycles. The second kappa shape index (κ2) is 8.87. The minimum Gasteiger partial charge on any atom is -0.379 e. The third-order valence-corrected chi connectivity index (χ3v) is 5.34. The first-order valence-electron chi connectivity index (χ1n) is 9.38. The van der Waals surface area contributed by atoms with Crippen LogP contribution in [0.15, 0.2) is 48.5 Å². The molecule has 3 rings (SSSR count). The molecule has 1 aliphatic rings. The summed E-state index contributed by atoms with van der Waals surface area (Å²) < 4.78 is 5.38. The molecule has 5 heteroatoms. The van der Waals surface area contributed by atoms with Gasteiger partial charge < -0.3 is 10.1 Å². The van der Waals surface area contributed by atoms with Gasteiger partial charge in [0.1, 0.15) is 0 Å². The molecular formula is C22H27ClN2O2. The van der Waals surface area contributed by atoms with E-state index < -0.39 is 0 Å². The number of nitrogens with one attached hydrogen (secondary N) is 1. The summed E-state index contributed by atoms with van der Waals surface area (Å²) in [6, 6.07) is 15.9. The van der Waals surface area contributed by atoms with Crippen LogP contribution in [0.2, 0.25) is 5.02 Å². The number of morpholine rings is 1. The minimum absolute atomic E-state index is 0.0131. The predicted molar refractivity (Wildman–Crippen MR) is 110 cm³/mol. The normalized spacial score (nSPS) is 15.5. The number of benzene rings is 2. The summed E-state index contributed by atoms with van der Waals surface area (Å²) in [5, 5.41) is 3.66. The Morgan fingerprint density at radius 1 is 1.15 bits per heavy atom. The van der Waals surface area contributed by atoms with Crippen LogP contribution in [0.3, 0.4) is 0 Å². The summed E-state index contributed by atoms with van der Waals surface area (Å²) in [6.45, 7) is 8.34. The summed E-state index contributed by atoms with van der Waals surface area (Å²) in [5.41, 5.74) is 2.73. The maximum absolute atomic E-state index is 12.5. The van der Waals surface area contributed by atoms with Crippen molar-refractivity contribution in [2.75, 3.05) is 31.6 Å². The van der Waals surface area contributed by atoms with Crippen molar-refractivity contribution in [3.05, 3.63) is 64.7 Å². The maximum atomic E-state index is 12.5. The molecule has 1 aliphatic heterocycles. The molecule has 0 unspecified atom stereocenters. The molecule has 0 aliphatic carbocycles. The molecule has 1 amide bonds. The Hall–Kier alpha value is -1.88. The van der Waals surface area contributed by atoms with Gasteiger partial charge in [-0.1, -0.05) is 61.8 Å². The fraction of sp³-hybridized carbons (Fsp3) is 0.409. The number of hydrogen-bond acceptors (Lipinski definition) is 3. The number of carbonyl (C=O) groups is 1. The average molecular weight is 387 g/mol. The molecule has 1 N–H and O–H groups in total. The Morgan fingerprint density at radius 2 is 1.85 bits per heavy atom. The lowest BCUT2D eigenvalue weighted by molar-refractivity contribution is -0.117. The molecular weight excluding hydrogens is 360 g/mol. The number of nitrogens with zero attached hydrogens (tertiary/aromatic N) is 1. The third kappa shape index (κ3) is 5.55. The lowest BCUT2D eigenvalue weighted by Crippen LogP contribution is -2.35. The molecule has 27 heavy (non-hydrogen) atoms. The summed E-state index contributed by atoms with van der Waals surface area (Å²) in [4.78, 5) is 14.9. The highest BCUT2D eigenvalue weighted by Crippen LogP contribution is 2.28. The lowest BCUT2D eigenvalue weighted by atomic mass is 9.81. The number of anilines is 1. The van der Waals surface area contributed by atoms with Crippen molar-refractivity contribution in [3.8, 4) is 0 Å². The first-order valence-corrected chi connectivity index (χ1v) is 9.76. The number of hydrogen-bond donors (Lipinski definition) is 1. The SMILES string of the molecule is CC(C)(CC(=O)Nc1ccc(CN2CCOCC2)c(Cl)c1)c1ccccc1. The molecule has 1 saturated heterocycles. The predicted octanol–water partition coefficient (Wildman–Crippen LogP) is 4.48. The molecule has 0 spiro atoms. The fourth-order valence-corrected chi connectivity index (χ4v) is 3.59. The van der Waals surface area contributed by atoms with Crippen molar-refractivity contribution < 1.29 is 9.53 Å². The van der Waals surface area contributed by atoms with Gasteiger partial charge in [-0.25, -0.2) is 0 Å². The van der Waals surface area contributed by atoms with Gasteiger partial charge in [-0.15, -0.1) is 0 Å². The van der Waals surface area contributed by atoms with Crippen LogP contribution in [-0.2, 0) is 21.5 Å². The van der Waals surface area contributed by atoms with Crippen LogP contribution in [0.4, 0.5) is 5.69 Å². The standard InChI is InChI=1S/C22H27ClN2O2/c1-22(2,18-6-4-3-5-7-18)15-21(26)24-19-9-8-17(20(23)14-19)16-25-10-12-27-13-11-25/h3-9,14H,10-13,15-16H2,1-2H3,(H,24,26). The Labute approximate surface area is 166 Å². The van der Waals surface area contributed by atoms with Crippen molar-refractivity contribution in [1.29, 1.82) is 0 Å². The van der Waals surface area contributed by atoms with E-state index in [1.54, 1.807) is 0 Å². The molecule has 1 fully saturated rings. The van der Waals surface area contributed by atoms with Gasteiger partial charge in [0.15, 0.2) is 0 Å². The Kier molecular flexibility index (Phi) is 6.53. The minimum atomic E-state index is -0.231.